The van der Waals surface area contributed by atoms with Gasteiger partial charge in [0.25, 0.3) is 0 Å². The average Bonchev–Trinajstić information content (AvgIpc) is 3.50. The van der Waals surface area contributed by atoms with Crippen molar-refractivity contribution in [2.24, 2.45) is 0 Å². The number of carbonyl (C=O) groups excluding carboxylic acids is 2. The minimum atomic E-state index is -0.418. The van der Waals surface area contributed by atoms with Gasteiger partial charge in [0.05, 0.1) is 6.04 Å². The molecule has 1 aliphatic carbocycles. The molecular formula is C23H21N3O2. The predicted octanol–water partition coefficient (Wildman–Crippen LogP) is 3.02. The molecule has 3 aliphatic rings. The lowest BCUT2D eigenvalue weighted by Crippen LogP contribution is -2.63. The van der Waals surface area contributed by atoms with Crippen molar-refractivity contribution < 1.29 is 9.59 Å². The second-order valence-electron chi connectivity index (χ2n) is 8.09. The molecule has 0 radical (unpaired) electrons. The maximum absolute atomic E-state index is 13.4. The molecule has 3 heterocycles. The first kappa shape index (κ1) is 15.9. The number of nitrogens with zero attached hydrogens (tertiary/aromatic N) is 2. The van der Waals surface area contributed by atoms with Gasteiger partial charge < -0.3 is 14.8 Å². The standard InChI is InChI=1S/C23H21N3O2/c27-20-13-25(15-10-11-15)23(28)19-12-17-16-8-4-5-9-18(16)24-21(17)22(26(19)20)14-6-2-1-3-7-14/h1-9,15,19,22,24H,10-13H2/t19-,22-/m0/s1. The largest absolute Gasteiger partial charge is 0.356 e. The highest BCUT2D eigenvalue weighted by atomic mass is 16.2. The van der Waals surface area contributed by atoms with E-state index in [0.29, 0.717) is 6.42 Å². The van der Waals surface area contributed by atoms with E-state index in [-0.39, 0.29) is 30.4 Å². The molecule has 5 nitrogen and oxygen atoms in total. The summed E-state index contributed by atoms with van der Waals surface area (Å²) >= 11 is 0. The molecule has 6 rings (SSSR count). The number of benzene rings is 2. The lowest BCUT2D eigenvalue weighted by molar-refractivity contribution is -0.159. The maximum atomic E-state index is 13.4. The third-order valence-corrected chi connectivity index (χ3v) is 6.40. The molecule has 1 aromatic heterocycles. The van der Waals surface area contributed by atoms with Crippen molar-refractivity contribution in [1.82, 2.24) is 14.8 Å². The normalized spacial score (nSPS) is 24.4. The van der Waals surface area contributed by atoms with Crippen LogP contribution in [0.1, 0.15) is 35.7 Å². The number of hydrogen-bond acceptors (Lipinski definition) is 2. The molecule has 1 N–H and O–H groups in total. The van der Waals surface area contributed by atoms with Crippen molar-refractivity contribution in [3.63, 3.8) is 0 Å². The summed E-state index contributed by atoms with van der Waals surface area (Å²) in [5.41, 5.74) is 4.32. The number of piperazine rings is 1. The van der Waals surface area contributed by atoms with Crippen LogP contribution in [0.3, 0.4) is 0 Å². The Labute approximate surface area is 162 Å². The molecule has 1 saturated heterocycles. The zero-order valence-corrected chi connectivity index (χ0v) is 15.5. The number of nitrogens with one attached hydrogen (secondary N) is 1. The molecule has 2 aliphatic heterocycles. The summed E-state index contributed by atoms with van der Waals surface area (Å²) in [6.07, 6.45) is 2.62. The molecular weight excluding hydrogens is 350 g/mol. The minimum absolute atomic E-state index is 0.0506. The summed E-state index contributed by atoms with van der Waals surface area (Å²) in [5, 5.41) is 1.15. The molecule has 3 aromatic rings. The monoisotopic (exact) mass is 371 g/mol. The number of fused-ring (bicyclic) bond motifs is 4. The van der Waals surface area contributed by atoms with E-state index >= 15 is 0 Å². The highest BCUT2D eigenvalue weighted by Crippen LogP contribution is 2.43. The Kier molecular flexibility index (Phi) is 3.25. The fourth-order valence-electron chi connectivity index (χ4n) is 4.96. The van der Waals surface area contributed by atoms with E-state index < -0.39 is 6.04 Å². The fraction of sp³-hybridized carbons (Fsp3) is 0.304. The SMILES string of the molecule is O=C1[C@@H]2Cc3c([nH]c4ccccc34)[C@H](c3ccccc3)N2C(=O)CN1C1CC1. The summed E-state index contributed by atoms with van der Waals surface area (Å²) in [6.45, 7) is 0.207. The highest BCUT2D eigenvalue weighted by Gasteiger charge is 2.50. The van der Waals surface area contributed by atoms with Crippen molar-refractivity contribution in [2.75, 3.05) is 6.54 Å². The zero-order chi connectivity index (χ0) is 18.8. The summed E-state index contributed by atoms with van der Waals surface area (Å²) < 4.78 is 0. The average molecular weight is 371 g/mol. The molecule has 5 heteroatoms. The molecule has 0 spiro atoms. The number of carbonyl (C=O) groups is 2. The summed E-state index contributed by atoms with van der Waals surface area (Å²) in [6, 6.07) is 17.9. The molecule has 1 saturated carbocycles. The highest BCUT2D eigenvalue weighted by molar-refractivity contribution is 5.98. The topological polar surface area (TPSA) is 56.4 Å². The van der Waals surface area contributed by atoms with Crippen molar-refractivity contribution >= 4 is 22.7 Å². The molecule has 140 valence electrons. The molecule has 0 bridgehead atoms. The predicted molar refractivity (Wildman–Crippen MR) is 106 cm³/mol. The van der Waals surface area contributed by atoms with E-state index in [0.717, 1.165) is 35.0 Å². The Morgan fingerprint density at radius 2 is 1.68 bits per heavy atom. The quantitative estimate of drug-likeness (QED) is 0.753. The third kappa shape index (κ3) is 2.19. The van der Waals surface area contributed by atoms with E-state index in [2.05, 4.69) is 17.1 Å². The Bertz CT molecular complexity index is 1100. The van der Waals surface area contributed by atoms with Gasteiger partial charge in [-0.2, -0.15) is 0 Å². The van der Waals surface area contributed by atoms with E-state index in [1.54, 1.807) is 0 Å². The van der Waals surface area contributed by atoms with Gasteiger partial charge in [0.2, 0.25) is 11.8 Å². The number of aromatic nitrogens is 1. The number of aromatic amines is 1. The second-order valence-corrected chi connectivity index (χ2v) is 8.09. The van der Waals surface area contributed by atoms with Crippen LogP contribution in [-0.4, -0.2) is 45.2 Å². The molecule has 2 fully saturated rings. The van der Waals surface area contributed by atoms with Gasteiger partial charge in [-0.1, -0.05) is 48.5 Å². The third-order valence-electron chi connectivity index (χ3n) is 6.40. The van der Waals surface area contributed by atoms with Gasteiger partial charge in [-0.25, -0.2) is 0 Å². The van der Waals surface area contributed by atoms with Gasteiger partial charge in [0, 0.05) is 29.1 Å². The van der Waals surface area contributed by atoms with Crippen molar-refractivity contribution in [1.29, 1.82) is 0 Å². The molecule has 0 unspecified atom stereocenters. The summed E-state index contributed by atoms with van der Waals surface area (Å²) in [5.74, 6) is 0.161. The van der Waals surface area contributed by atoms with Gasteiger partial charge in [0.15, 0.2) is 0 Å². The lowest BCUT2D eigenvalue weighted by atomic mass is 9.86. The first-order chi connectivity index (χ1) is 13.7. The summed E-state index contributed by atoms with van der Waals surface area (Å²) in [7, 11) is 0. The number of amides is 2. The number of para-hydroxylation sites is 1. The van der Waals surface area contributed by atoms with E-state index in [4.69, 9.17) is 0 Å². The molecule has 2 aromatic carbocycles. The van der Waals surface area contributed by atoms with Crippen LogP contribution < -0.4 is 0 Å². The van der Waals surface area contributed by atoms with Crippen molar-refractivity contribution in [2.45, 2.75) is 37.4 Å². The fourth-order valence-corrected chi connectivity index (χ4v) is 4.96. The minimum Gasteiger partial charge on any atom is -0.356 e. The van der Waals surface area contributed by atoms with Gasteiger partial charge in [-0.15, -0.1) is 0 Å². The van der Waals surface area contributed by atoms with Gasteiger partial charge in [-0.3, -0.25) is 9.59 Å². The first-order valence-corrected chi connectivity index (χ1v) is 9.98. The zero-order valence-electron chi connectivity index (χ0n) is 15.5. The first-order valence-electron chi connectivity index (χ1n) is 9.98. The number of hydrogen-bond donors (Lipinski definition) is 1. The van der Waals surface area contributed by atoms with E-state index in [1.807, 2.05) is 52.3 Å². The molecule has 28 heavy (non-hydrogen) atoms. The van der Waals surface area contributed by atoms with Gasteiger partial charge in [0.1, 0.15) is 12.6 Å². The van der Waals surface area contributed by atoms with Crippen LogP contribution in [0.5, 0.6) is 0 Å². The van der Waals surface area contributed by atoms with Crippen LogP contribution in [0, 0.1) is 0 Å². The van der Waals surface area contributed by atoms with Crippen LogP contribution in [0.25, 0.3) is 10.9 Å². The smallest absolute Gasteiger partial charge is 0.246 e. The lowest BCUT2D eigenvalue weighted by Gasteiger charge is -2.47. The number of rotatable bonds is 2. The van der Waals surface area contributed by atoms with Gasteiger partial charge >= 0.3 is 0 Å². The second kappa shape index (κ2) is 5.71. The maximum Gasteiger partial charge on any atom is 0.246 e. The molecule has 2 amide bonds. The van der Waals surface area contributed by atoms with Crippen LogP contribution >= 0.6 is 0 Å². The molecule has 2 atom stereocenters. The Balaban J connectivity index is 1.56. The Morgan fingerprint density at radius 1 is 0.929 bits per heavy atom. The van der Waals surface area contributed by atoms with E-state index in [1.165, 1.54) is 5.56 Å². The van der Waals surface area contributed by atoms with Crippen LogP contribution in [-0.2, 0) is 16.0 Å². The van der Waals surface area contributed by atoms with E-state index in [9.17, 15) is 9.59 Å². The van der Waals surface area contributed by atoms with Crippen molar-refractivity contribution in [3.05, 3.63) is 71.4 Å². The van der Waals surface area contributed by atoms with Crippen molar-refractivity contribution in [3.8, 4) is 0 Å². The van der Waals surface area contributed by atoms with Gasteiger partial charge in [-0.05, 0) is 30.0 Å². The number of H-pyrrole nitrogens is 1. The Hall–Kier alpha value is -3.08. The van der Waals surface area contributed by atoms with Crippen LogP contribution in [0.15, 0.2) is 54.6 Å². The summed E-state index contributed by atoms with van der Waals surface area (Å²) in [4.78, 5) is 33.8. The van der Waals surface area contributed by atoms with Crippen LogP contribution in [0.4, 0.5) is 0 Å². The Morgan fingerprint density at radius 3 is 2.46 bits per heavy atom. The van der Waals surface area contributed by atoms with Crippen LogP contribution in [0.2, 0.25) is 0 Å².